The van der Waals surface area contributed by atoms with Gasteiger partial charge in [0.05, 0.1) is 26.9 Å². The molecule has 0 spiro atoms. The highest BCUT2D eigenvalue weighted by atomic mass is 16.5. The quantitative estimate of drug-likeness (QED) is 0.710. The lowest BCUT2D eigenvalue weighted by Crippen LogP contribution is -2.23. The van der Waals surface area contributed by atoms with E-state index in [-0.39, 0.29) is 6.04 Å². The molecule has 4 heteroatoms. The molecule has 1 atom stereocenters. The molecule has 0 bridgehead atoms. The number of benzene rings is 1. The Morgan fingerprint density at radius 3 is 2.62 bits per heavy atom. The molecular formula is C17H27NO3. The first-order chi connectivity index (χ1) is 10.3. The number of methoxy groups -OCH3 is 2. The summed E-state index contributed by atoms with van der Waals surface area (Å²) < 4.78 is 16.6. The molecule has 0 amide bonds. The number of nitrogens with one attached hydrogen (secondary N) is 1. The van der Waals surface area contributed by atoms with Gasteiger partial charge in [0.25, 0.3) is 0 Å². The van der Waals surface area contributed by atoms with Gasteiger partial charge in [0.2, 0.25) is 0 Å². The summed E-state index contributed by atoms with van der Waals surface area (Å²) in [6.07, 6.45) is 5.33. The van der Waals surface area contributed by atoms with Crippen molar-refractivity contribution in [2.24, 2.45) is 5.92 Å². The van der Waals surface area contributed by atoms with E-state index in [9.17, 15) is 0 Å². The maximum atomic E-state index is 5.86. The molecule has 0 aliphatic heterocycles. The molecule has 2 rings (SSSR count). The van der Waals surface area contributed by atoms with E-state index >= 15 is 0 Å². The minimum atomic E-state index is 0.108. The molecule has 21 heavy (non-hydrogen) atoms. The second kappa shape index (κ2) is 8.25. The van der Waals surface area contributed by atoms with E-state index in [1.165, 1.54) is 25.7 Å². The van der Waals surface area contributed by atoms with Crippen molar-refractivity contribution in [3.8, 4) is 11.5 Å². The van der Waals surface area contributed by atoms with Crippen LogP contribution in [0, 0.1) is 5.92 Å². The molecule has 1 fully saturated rings. The highest BCUT2D eigenvalue weighted by Crippen LogP contribution is 2.31. The standard InChI is InChI=1S/C17H27NO3/c1-18-16(12-21-10-9-13-5-4-6-13)15-11-14(19-2)7-8-17(15)20-3/h7-8,11,13,16,18H,4-6,9-10,12H2,1-3H3. The molecule has 1 aliphatic rings. The maximum Gasteiger partial charge on any atom is 0.123 e. The van der Waals surface area contributed by atoms with Crippen molar-refractivity contribution in [3.63, 3.8) is 0 Å². The second-order valence-electron chi connectivity index (χ2n) is 5.61. The van der Waals surface area contributed by atoms with Crippen LogP contribution in [-0.2, 0) is 4.74 Å². The molecule has 1 unspecified atom stereocenters. The molecule has 118 valence electrons. The van der Waals surface area contributed by atoms with Crippen LogP contribution in [0.15, 0.2) is 18.2 Å². The Hall–Kier alpha value is -1.26. The first-order valence-corrected chi connectivity index (χ1v) is 7.75. The van der Waals surface area contributed by atoms with Crippen molar-refractivity contribution in [2.45, 2.75) is 31.7 Å². The average molecular weight is 293 g/mol. The number of hydrogen-bond donors (Lipinski definition) is 1. The topological polar surface area (TPSA) is 39.7 Å². The lowest BCUT2D eigenvalue weighted by molar-refractivity contribution is 0.0898. The van der Waals surface area contributed by atoms with E-state index in [1.807, 2.05) is 25.2 Å². The molecule has 1 aromatic carbocycles. The second-order valence-corrected chi connectivity index (χ2v) is 5.61. The van der Waals surface area contributed by atoms with Gasteiger partial charge in [-0.2, -0.15) is 0 Å². The van der Waals surface area contributed by atoms with Gasteiger partial charge in [-0.1, -0.05) is 19.3 Å². The largest absolute Gasteiger partial charge is 0.497 e. The Balaban J connectivity index is 1.91. The Labute approximate surface area is 127 Å². The van der Waals surface area contributed by atoms with Gasteiger partial charge in [-0.15, -0.1) is 0 Å². The summed E-state index contributed by atoms with van der Waals surface area (Å²) in [5, 5.41) is 3.30. The molecule has 1 aromatic rings. The Bertz CT molecular complexity index is 432. The van der Waals surface area contributed by atoms with Crippen LogP contribution in [0.1, 0.15) is 37.3 Å². The molecule has 4 nitrogen and oxygen atoms in total. The molecule has 1 aliphatic carbocycles. The fraction of sp³-hybridized carbons (Fsp3) is 0.647. The van der Waals surface area contributed by atoms with Crippen molar-refractivity contribution < 1.29 is 14.2 Å². The summed E-state index contributed by atoms with van der Waals surface area (Å²) in [6.45, 7) is 1.49. The molecular weight excluding hydrogens is 266 g/mol. The Kier molecular flexibility index (Phi) is 6.33. The van der Waals surface area contributed by atoms with Crippen molar-refractivity contribution in [1.29, 1.82) is 0 Å². The number of likely N-dealkylation sites (N-methyl/N-ethyl adjacent to an activating group) is 1. The van der Waals surface area contributed by atoms with Gasteiger partial charge in [-0.05, 0) is 37.6 Å². The zero-order valence-electron chi connectivity index (χ0n) is 13.4. The fourth-order valence-corrected chi connectivity index (χ4v) is 2.67. The summed E-state index contributed by atoms with van der Waals surface area (Å²) in [7, 11) is 5.31. The minimum Gasteiger partial charge on any atom is -0.497 e. The number of rotatable bonds is 9. The van der Waals surface area contributed by atoms with Crippen molar-refractivity contribution in [3.05, 3.63) is 23.8 Å². The van der Waals surface area contributed by atoms with Gasteiger partial charge in [0, 0.05) is 12.2 Å². The fourth-order valence-electron chi connectivity index (χ4n) is 2.67. The van der Waals surface area contributed by atoms with Crippen LogP contribution in [-0.4, -0.2) is 34.5 Å². The van der Waals surface area contributed by atoms with Crippen molar-refractivity contribution in [1.82, 2.24) is 5.32 Å². The number of ether oxygens (including phenoxy) is 3. The predicted octanol–water partition coefficient (Wildman–Crippen LogP) is 3.17. The molecule has 1 N–H and O–H groups in total. The van der Waals surface area contributed by atoms with Crippen molar-refractivity contribution >= 4 is 0 Å². The van der Waals surface area contributed by atoms with Crippen LogP contribution < -0.4 is 14.8 Å². The molecule has 0 saturated heterocycles. The smallest absolute Gasteiger partial charge is 0.123 e. The third-order valence-electron chi connectivity index (χ3n) is 4.34. The predicted molar refractivity (Wildman–Crippen MR) is 84.1 cm³/mol. The van der Waals surface area contributed by atoms with E-state index in [0.29, 0.717) is 6.61 Å². The van der Waals surface area contributed by atoms with Crippen LogP contribution in [0.2, 0.25) is 0 Å². The zero-order chi connectivity index (χ0) is 15.1. The lowest BCUT2D eigenvalue weighted by atomic mass is 9.83. The van der Waals surface area contributed by atoms with E-state index < -0.39 is 0 Å². The summed E-state index contributed by atoms with van der Waals surface area (Å²) >= 11 is 0. The zero-order valence-corrected chi connectivity index (χ0v) is 13.4. The van der Waals surface area contributed by atoms with Gasteiger partial charge in [0.1, 0.15) is 11.5 Å². The van der Waals surface area contributed by atoms with Gasteiger partial charge in [-0.3, -0.25) is 0 Å². The van der Waals surface area contributed by atoms with Crippen LogP contribution in [0.3, 0.4) is 0 Å². The highest BCUT2D eigenvalue weighted by molar-refractivity contribution is 5.42. The Morgan fingerprint density at radius 2 is 2.05 bits per heavy atom. The molecule has 0 radical (unpaired) electrons. The Morgan fingerprint density at radius 1 is 1.24 bits per heavy atom. The number of hydrogen-bond acceptors (Lipinski definition) is 4. The molecule has 0 aromatic heterocycles. The van der Waals surface area contributed by atoms with E-state index in [1.54, 1.807) is 14.2 Å². The minimum absolute atomic E-state index is 0.108. The summed E-state index contributed by atoms with van der Waals surface area (Å²) in [5.41, 5.74) is 1.07. The van der Waals surface area contributed by atoms with E-state index in [0.717, 1.165) is 29.6 Å². The first kappa shape index (κ1) is 16.1. The van der Waals surface area contributed by atoms with Crippen LogP contribution in [0.4, 0.5) is 0 Å². The van der Waals surface area contributed by atoms with E-state index in [4.69, 9.17) is 14.2 Å². The van der Waals surface area contributed by atoms with Crippen molar-refractivity contribution in [2.75, 3.05) is 34.5 Å². The van der Waals surface area contributed by atoms with Gasteiger partial charge in [-0.25, -0.2) is 0 Å². The average Bonchev–Trinajstić information content (AvgIpc) is 2.48. The third-order valence-corrected chi connectivity index (χ3v) is 4.34. The SMILES string of the molecule is CNC(COCCC1CCC1)c1cc(OC)ccc1OC. The maximum absolute atomic E-state index is 5.86. The summed E-state index contributed by atoms with van der Waals surface area (Å²) in [4.78, 5) is 0. The van der Waals surface area contributed by atoms with Gasteiger partial charge >= 0.3 is 0 Å². The van der Waals surface area contributed by atoms with Gasteiger partial charge in [0.15, 0.2) is 0 Å². The normalized spacial score (nSPS) is 16.3. The first-order valence-electron chi connectivity index (χ1n) is 7.75. The van der Waals surface area contributed by atoms with Gasteiger partial charge < -0.3 is 19.5 Å². The molecule has 1 saturated carbocycles. The third kappa shape index (κ3) is 4.35. The lowest BCUT2D eigenvalue weighted by Gasteiger charge is -2.25. The van der Waals surface area contributed by atoms with Crippen LogP contribution in [0.5, 0.6) is 11.5 Å². The molecule has 0 heterocycles. The van der Waals surface area contributed by atoms with Crippen LogP contribution in [0.25, 0.3) is 0 Å². The monoisotopic (exact) mass is 293 g/mol. The van der Waals surface area contributed by atoms with Crippen LogP contribution >= 0.6 is 0 Å². The highest BCUT2D eigenvalue weighted by Gasteiger charge is 2.18. The summed E-state index contributed by atoms with van der Waals surface area (Å²) in [5.74, 6) is 2.59. The van der Waals surface area contributed by atoms with E-state index in [2.05, 4.69) is 5.32 Å². The summed E-state index contributed by atoms with van der Waals surface area (Å²) in [6, 6.07) is 5.96.